The molecule has 0 aliphatic heterocycles. The molecule has 4 nitrogen and oxygen atoms in total. The minimum atomic E-state index is 0.853. The van der Waals surface area contributed by atoms with E-state index in [1.165, 1.54) is 11.1 Å². The predicted octanol–water partition coefficient (Wildman–Crippen LogP) is 4.99. The summed E-state index contributed by atoms with van der Waals surface area (Å²) in [6.45, 7) is 4.08. The second kappa shape index (κ2) is 6.40. The lowest BCUT2D eigenvalue weighted by molar-refractivity contribution is 1.08. The number of hydrogen-bond donors (Lipinski definition) is 1. The van der Waals surface area contributed by atoms with Gasteiger partial charge in [-0.3, -0.25) is 9.38 Å². The van der Waals surface area contributed by atoms with Gasteiger partial charge in [0.25, 0.3) is 0 Å². The van der Waals surface area contributed by atoms with Gasteiger partial charge in [-0.1, -0.05) is 48.1 Å². The third-order valence-electron chi connectivity index (χ3n) is 4.33. The lowest BCUT2D eigenvalue weighted by atomic mass is 10.1. The third kappa shape index (κ3) is 2.98. The van der Waals surface area contributed by atoms with Gasteiger partial charge in [-0.15, -0.1) is 0 Å². The first kappa shape index (κ1) is 15.4. The highest BCUT2D eigenvalue weighted by atomic mass is 15.1. The van der Waals surface area contributed by atoms with Crippen LogP contribution >= 0.6 is 0 Å². The summed E-state index contributed by atoms with van der Waals surface area (Å²) in [6.07, 6.45) is 15.1. The number of imidazole rings is 1. The summed E-state index contributed by atoms with van der Waals surface area (Å²) in [4.78, 5) is 9.28. The van der Waals surface area contributed by atoms with Crippen molar-refractivity contribution in [1.29, 1.82) is 0 Å². The van der Waals surface area contributed by atoms with Gasteiger partial charge in [0.2, 0.25) is 0 Å². The van der Waals surface area contributed by atoms with Crippen molar-refractivity contribution in [2.45, 2.75) is 20.3 Å². The number of allylic oxidation sites excluding steroid dienone is 6. The summed E-state index contributed by atoms with van der Waals surface area (Å²) < 4.78 is 2.08. The first-order chi connectivity index (χ1) is 12.2. The van der Waals surface area contributed by atoms with Crippen molar-refractivity contribution < 1.29 is 0 Å². The van der Waals surface area contributed by atoms with Crippen molar-refractivity contribution in [2.75, 3.05) is 5.32 Å². The van der Waals surface area contributed by atoms with Crippen LogP contribution in [0.2, 0.25) is 0 Å². The smallest absolute Gasteiger partial charge is 0.160 e. The average Bonchev–Trinajstić information content (AvgIpc) is 2.80. The minimum absolute atomic E-state index is 0.853. The Bertz CT molecular complexity index is 1000. The number of benzene rings is 1. The summed E-state index contributed by atoms with van der Waals surface area (Å²) in [5, 5.41) is 3.55. The van der Waals surface area contributed by atoms with E-state index in [1.54, 1.807) is 0 Å². The zero-order valence-corrected chi connectivity index (χ0v) is 14.4. The molecule has 0 spiro atoms. The fourth-order valence-corrected chi connectivity index (χ4v) is 2.97. The molecule has 2 aromatic heterocycles. The maximum absolute atomic E-state index is 4.89. The molecule has 4 heteroatoms. The molecule has 4 rings (SSSR count). The van der Waals surface area contributed by atoms with E-state index in [0.29, 0.717) is 0 Å². The van der Waals surface area contributed by atoms with Crippen molar-refractivity contribution in [2.24, 2.45) is 0 Å². The summed E-state index contributed by atoms with van der Waals surface area (Å²) in [7, 11) is 0. The van der Waals surface area contributed by atoms with Crippen molar-refractivity contribution >= 4 is 22.7 Å². The highest BCUT2D eigenvalue weighted by Gasteiger charge is 2.17. The molecule has 0 bridgehead atoms. The second-order valence-electron chi connectivity index (χ2n) is 6.22. The van der Waals surface area contributed by atoms with Gasteiger partial charge < -0.3 is 5.32 Å². The van der Waals surface area contributed by atoms with Crippen molar-refractivity contribution in [3.63, 3.8) is 0 Å². The number of aryl methyl sites for hydroxylation is 2. The summed E-state index contributed by atoms with van der Waals surface area (Å²) in [5.74, 6) is 0.972. The molecule has 1 N–H and O–H groups in total. The Balaban J connectivity index is 1.87. The lowest BCUT2D eigenvalue weighted by Gasteiger charge is -2.10. The molecule has 0 radical (unpaired) electrons. The number of fused-ring (bicyclic) bond motifs is 1. The van der Waals surface area contributed by atoms with Gasteiger partial charge in [-0.05, 0) is 38.0 Å². The van der Waals surface area contributed by atoms with Gasteiger partial charge in [0.15, 0.2) is 5.65 Å². The molecule has 2 heterocycles. The third-order valence-corrected chi connectivity index (χ3v) is 4.33. The number of aromatic nitrogens is 3. The number of hydrogen-bond acceptors (Lipinski definition) is 3. The molecule has 1 aliphatic rings. The normalized spacial score (nSPS) is 13.8. The Morgan fingerprint density at radius 1 is 1.04 bits per heavy atom. The Morgan fingerprint density at radius 3 is 2.72 bits per heavy atom. The zero-order chi connectivity index (χ0) is 17.2. The highest BCUT2D eigenvalue weighted by Crippen LogP contribution is 2.31. The van der Waals surface area contributed by atoms with Crippen molar-refractivity contribution in [3.8, 4) is 0 Å². The molecule has 0 fully saturated rings. The van der Waals surface area contributed by atoms with Crippen LogP contribution in [0.3, 0.4) is 0 Å². The SMILES string of the molecule is Cc1ccc(Nc2c(C3=CC=CC=CC3)nc3c(C)nccn23)cc1. The van der Waals surface area contributed by atoms with Crippen LogP contribution in [0.1, 0.15) is 23.4 Å². The number of nitrogens with zero attached hydrogens (tertiary/aromatic N) is 3. The Morgan fingerprint density at radius 2 is 1.88 bits per heavy atom. The van der Waals surface area contributed by atoms with Crippen LogP contribution in [0.4, 0.5) is 11.5 Å². The largest absolute Gasteiger partial charge is 0.339 e. The van der Waals surface area contributed by atoms with E-state index in [4.69, 9.17) is 4.98 Å². The van der Waals surface area contributed by atoms with Gasteiger partial charge in [-0.2, -0.15) is 0 Å². The Hall–Kier alpha value is -3.14. The van der Waals surface area contributed by atoms with Crippen molar-refractivity contribution in [3.05, 3.63) is 84.0 Å². The van der Waals surface area contributed by atoms with E-state index in [9.17, 15) is 0 Å². The molecule has 124 valence electrons. The first-order valence-electron chi connectivity index (χ1n) is 8.42. The van der Waals surface area contributed by atoms with Crippen LogP contribution < -0.4 is 5.32 Å². The number of rotatable bonds is 3. The van der Waals surface area contributed by atoms with Gasteiger partial charge in [0.1, 0.15) is 11.5 Å². The maximum Gasteiger partial charge on any atom is 0.160 e. The molecule has 3 aromatic rings. The topological polar surface area (TPSA) is 42.2 Å². The van der Waals surface area contributed by atoms with Gasteiger partial charge in [0.05, 0.1) is 5.69 Å². The van der Waals surface area contributed by atoms with E-state index in [2.05, 4.69) is 70.2 Å². The van der Waals surface area contributed by atoms with Gasteiger partial charge >= 0.3 is 0 Å². The summed E-state index contributed by atoms with van der Waals surface area (Å²) in [5.41, 5.74) is 6.23. The monoisotopic (exact) mass is 328 g/mol. The van der Waals surface area contributed by atoms with Crippen LogP contribution in [0.15, 0.2) is 67.0 Å². The maximum atomic E-state index is 4.89. The lowest BCUT2D eigenvalue weighted by Crippen LogP contribution is -1.99. The van der Waals surface area contributed by atoms with Gasteiger partial charge in [-0.25, -0.2) is 4.98 Å². The van der Waals surface area contributed by atoms with E-state index in [0.717, 1.165) is 35.0 Å². The standard InChI is InChI=1S/C21H20N4/c1-15-9-11-18(12-10-15)23-21-19(17-7-5-3-4-6-8-17)24-20-16(2)22-13-14-25(20)21/h3-7,9-14,23H,8H2,1-2H3. The van der Waals surface area contributed by atoms with E-state index >= 15 is 0 Å². The Labute approximate surface area is 147 Å². The molecule has 0 atom stereocenters. The fraction of sp³-hybridized carbons (Fsp3) is 0.143. The quantitative estimate of drug-likeness (QED) is 0.736. The van der Waals surface area contributed by atoms with Crippen molar-refractivity contribution in [1.82, 2.24) is 14.4 Å². The summed E-state index contributed by atoms with van der Waals surface area (Å²) in [6, 6.07) is 8.39. The zero-order valence-electron chi connectivity index (χ0n) is 14.4. The van der Waals surface area contributed by atoms with Crippen LogP contribution in [0, 0.1) is 13.8 Å². The molecule has 25 heavy (non-hydrogen) atoms. The molecule has 0 saturated carbocycles. The molecule has 0 saturated heterocycles. The van der Waals surface area contributed by atoms with Crippen LogP contribution in [-0.4, -0.2) is 14.4 Å². The first-order valence-corrected chi connectivity index (χ1v) is 8.42. The minimum Gasteiger partial charge on any atom is -0.339 e. The molecular weight excluding hydrogens is 308 g/mol. The van der Waals surface area contributed by atoms with Gasteiger partial charge in [0, 0.05) is 18.1 Å². The van der Waals surface area contributed by atoms with E-state index in [-0.39, 0.29) is 0 Å². The summed E-state index contributed by atoms with van der Waals surface area (Å²) >= 11 is 0. The molecule has 0 amide bonds. The van der Waals surface area contributed by atoms with E-state index in [1.807, 2.05) is 25.4 Å². The average molecular weight is 328 g/mol. The Kier molecular flexibility index (Phi) is 3.94. The molecule has 1 aromatic carbocycles. The number of nitrogens with one attached hydrogen (secondary N) is 1. The molecule has 1 aliphatic carbocycles. The molecular formula is C21H20N4. The highest BCUT2D eigenvalue weighted by molar-refractivity contribution is 5.80. The second-order valence-corrected chi connectivity index (χ2v) is 6.22. The predicted molar refractivity (Wildman–Crippen MR) is 103 cm³/mol. The fourth-order valence-electron chi connectivity index (χ4n) is 2.97. The molecule has 0 unspecified atom stereocenters. The number of anilines is 2. The van der Waals surface area contributed by atoms with E-state index < -0.39 is 0 Å². The van der Waals surface area contributed by atoms with Crippen LogP contribution in [0.25, 0.3) is 11.2 Å². The van der Waals surface area contributed by atoms with Crippen LogP contribution in [0.5, 0.6) is 0 Å². The van der Waals surface area contributed by atoms with Crippen LogP contribution in [-0.2, 0) is 0 Å².